The number of benzene rings is 4. The van der Waals surface area contributed by atoms with E-state index in [-0.39, 0.29) is 44.0 Å². The van der Waals surface area contributed by atoms with E-state index in [9.17, 15) is 19.2 Å². The maximum absolute atomic E-state index is 14.6. The SMILES string of the molecule is NCCCC[C@H](CC(=O)[C@@H]1C[C@@H](OCc2ccccc2)CN1C(=O)[C@@H](CCc1ccccc1)NC(=O)OCc1ccccc1)C(=O)c1nc2ccccc2s1. The zero-order valence-corrected chi connectivity index (χ0v) is 31.7. The fraction of sp³-hybridized carbons (Fsp3) is 0.341. The van der Waals surface area contributed by atoms with Crippen LogP contribution in [-0.4, -0.2) is 64.7 Å². The number of nitrogens with two attached hydrogens (primary N) is 1. The first-order chi connectivity index (χ1) is 26.9. The van der Waals surface area contributed by atoms with Crippen LogP contribution in [0.4, 0.5) is 4.79 Å². The van der Waals surface area contributed by atoms with E-state index in [4.69, 9.17) is 15.2 Å². The van der Waals surface area contributed by atoms with Crippen LogP contribution in [-0.2, 0) is 38.7 Å². The Labute approximate surface area is 326 Å². The molecule has 55 heavy (non-hydrogen) atoms. The summed E-state index contributed by atoms with van der Waals surface area (Å²) >= 11 is 1.32. The van der Waals surface area contributed by atoms with Gasteiger partial charge in [0.15, 0.2) is 16.6 Å². The molecular weight excluding hydrogens is 713 g/mol. The Balaban J connectivity index is 1.23. The smallest absolute Gasteiger partial charge is 0.408 e. The Hall–Kier alpha value is -5.23. The molecule has 10 nitrogen and oxygen atoms in total. The molecule has 2 heterocycles. The first-order valence-electron chi connectivity index (χ1n) is 19.0. The molecule has 0 radical (unpaired) electrons. The van der Waals surface area contributed by atoms with Gasteiger partial charge >= 0.3 is 6.09 Å². The summed E-state index contributed by atoms with van der Waals surface area (Å²) in [7, 11) is 0. The topological polar surface area (TPSA) is 141 Å². The Bertz CT molecular complexity index is 1980. The van der Waals surface area contributed by atoms with E-state index in [0.717, 1.165) is 33.3 Å². The van der Waals surface area contributed by atoms with Gasteiger partial charge in [-0.2, -0.15) is 0 Å². The summed E-state index contributed by atoms with van der Waals surface area (Å²) in [5.41, 5.74) is 9.34. The summed E-state index contributed by atoms with van der Waals surface area (Å²) in [4.78, 5) is 62.4. The molecule has 0 saturated carbocycles. The monoisotopic (exact) mass is 760 g/mol. The number of carbonyl (C=O) groups excluding carboxylic acids is 4. The fourth-order valence-corrected chi connectivity index (χ4v) is 7.95. The van der Waals surface area contributed by atoms with E-state index in [2.05, 4.69) is 10.3 Å². The van der Waals surface area contributed by atoms with Gasteiger partial charge in [-0.15, -0.1) is 11.3 Å². The molecule has 11 heteroatoms. The van der Waals surface area contributed by atoms with Crippen molar-refractivity contribution in [3.63, 3.8) is 0 Å². The molecule has 1 aliphatic rings. The number of ketones is 2. The van der Waals surface area contributed by atoms with Gasteiger partial charge in [-0.1, -0.05) is 110 Å². The molecule has 4 atom stereocenters. The lowest BCUT2D eigenvalue weighted by atomic mass is 9.89. The van der Waals surface area contributed by atoms with E-state index in [0.29, 0.717) is 37.4 Å². The van der Waals surface area contributed by atoms with Crippen LogP contribution in [0.5, 0.6) is 0 Å². The normalized spacial score (nSPS) is 16.4. The quantitative estimate of drug-likeness (QED) is 0.0661. The van der Waals surface area contributed by atoms with E-state index in [1.165, 1.54) is 11.3 Å². The molecule has 2 amide bonds. The number of nitrogens with one attached hydrogen (secondary N) is 1. The van der Waals surface area contributed by atoms with E-state index < -0.39 is 36.1 Å². The van der Waals surface area contributed by atoms with Crippen LogP contribution in [0.2, 0.25) is 0 Å². The third-order valence-corrected chi connectivity index (χ3v) is 11.0. The molecule has 3 N–H and O–H groups in total. The number of alkyl carbamates (subject to hydrolysis) is 1. The lowest BCUT2D eigenvalue weighted by Gasteiger charge is -2.29. The van der Waals surface area contributed by atoms with Crippen molar-refractivity contribution in [2.24, 2.45) is 11.7 Å². The number of amides is 2. The summed E-state index contributed by atoms with van der Waals surface area (Å²) in [5, 5.41) is 3.19. The predicted molar refractivity (Wildman–Crippen MR) is 213 cm³/mol. The second kappa shape index (κ2) is 19.9. The van der Waals surface area contributed by atoms with Gasteiger partial charge in [0.2, 0.25) is 5.91 Å². The van der Waals surface area contributed by atoms with Crippen molar-refractivity contribution in [3.8, 4) is 0 Å². The standard InChI is InChI=1S/C44H48N4O6S/c45-25-13-12-20-34(41(50)42-46-36-21-10-11-22-40(36)55-42)26-39(49)38-27-35(53-29-32-16-6-2-7-17-32)28-48(38)43(51)37(24-23-31-14-4-1-5-15-31)47-44(52)54-30-33-18-8-3-9-19-33/h1-11,14-19,21-22,34-35,37-38H,12-13,20,23-30,45H2,(H,47,52)/t34-,35-,37-,38+/m1/s1. The van der Waals surface area contributed by atoms with Crippen LogP contribution < -0.4 is 11.1 Å². The minimum Gasteiger partial charge on any atom is -0.445 e. The molecule has 5 aromatic rings. The second-order valence-corrected chi connectivity index (χ2v) is 15.0. The molecule has 286 valence electrons. The first kappa shape index (κ1) is 39.5. The van der Waals surface area contributed by atoms with Crippen molar-refractivity contribution in [2.45, 2.75) is 76.3 Å². The van der Waals surface area contributed by atoms with Gasteiger partial charge < -0.3 is 25.4 Å². The predicted octanol–water partition coefficient (Wildman–Crippen LogP) is 7.30. The number of hydrogen-bond acceptors (Lipinski definition) is 9. The third kappa shape index (κ3) is 11.2. The second-order valence-electron chi connectivity index (χ2n) is 13.9. The number of para-hydroxylation sites is 1. The number of likely N-dealkylation sites (tertiary alicyclic amines) is 1. The highest BCUT2D eigenvalue weighted by atomic mass is 32.1. The number of aryl methyl sites for hydroxylation is 1. The Kier molecular flexibility index (Phi) is 14.3. The molecule has 6 rings (SSSR count). The summed E-state index contributed by atoms with van der Waals surface area (Å²) < 4.78 is 12.8. The largest absolute Gasteiger partial charge is 0.445 e. The van der Waals surface area contributed by atoms with Crippen molar-refractivity contribution < 1.29 is 28.7 Å². The number of rotatable bonds is 19. The van der Waals surface area contributed by atoms with Gasteiger partial charge in [0, 0.05) is 25.3 Å². The summed E-state index contributed by atoms with van der Waals surface area (Å²) in [6.07, 6.45) is 1.72. The zero-order valence-electron chi connectivity index (χ0n) is 30.9. The Morgan fingerprint density at radius 2 is 1.44 bits per heavy atom. The van der Waals surface area contributed by atoms with E-state index in [1.54, 1.807) is 4.90 Å². The minimum atomic E-state index is -0.976. The number of ether oxygens (including phenoxy) is 2. The number of carbonyl (C=O) groups is 4. The highest BCUT2D eigenvalue weighted by Gasteiger charge is 2.43. The Morgan fingerprint density at radius 3 is 2.11 bits per heavy atom. The van der Waals surface area contributed by atoms with Gasteiger partial charge in [0.25, 0.3) is 0 Å². The zero-order chi connectivity index (χ0) is 38.4. The number of unbranched alkanes of at least 4 members (excludes halogenated alkanes) is 1. The van der Waals surface area contributed by atoms with E-state index >= 15 is 0 Å². The molecule has 1 aliphatic heterocycles. The maximum Gasteiger partial charge on any atom is 0.408 e. The number of nitrogens with zero attached hydrogens (tertiary/aromatic N) is 2. The van der Waals surface area contributed by atoms with Crippen LogP contribution in [0.25, 0.3) is 10.2 Å². The van der Waals surface area contributed by atoms with Crippen LogP contribution in [0.1, 0.15) is 65.0 Å². The van der Waals surface area contributed by atoms with Gasteiger partial charge in [-0.25, -0.2) is 9.78 Å². The van der Waals surface area contributed by atoms with Crippen molar-refractivity contribution in [2.75, 3.05) is 13.1 Å². The van der Waals surface area contributed by atoms with Crippen LogP contribution in [0.15, 0.2) is 115 Å². The van der Waals surface area contributed by atoms with Crippen molar-refractivity contribution in [1.82, 2.24) is 15.2 Å². The number of hydrogen-bond donors (Lipinski definition) is 2. The molecule has 0 spiro atoms. The average Bonchev–Trinajstić information content (AvgIpc) is 3.86. The summed E-state index contributed by atoms with van der Waals surface area (Å²) in [5.74, 6) is -1.42. The van der Waals surface area contributed by atoms with E-state index in [1.807, 2.05) is 115 Å². The van der Waals surface area contributed by atoms with Gasteiger partial charge in [-0.3, -0.25) is 14.4 Å². The Morgan fingerprint density at radius 1 is 0.800 bits per heavy atom. The third-order valence-electron chi connectivity index (χ3n) is 9.94. The molecule has 4 aromatic carbocycles. The first-order valence-corrected chi connectivity index (χ1v) is 19.8. The van der Waals surface area contributed by atoms with Crippen LogP contribution >= 0.6 is 11.3 Å². The van der Waals surface area contributed by atoms with Crippen molar-refractivity contribution >= 4 is 45.1 Å². The highest BCUT2D eigenvalue weighted by molar-refractivity contribution is 7.20. The van der Waals surface area contributed by atoms with Gasteiger partial charge in [0.05, 0.1) is 29.0 Å². The minimum absolute atomic E-state index is 0.0424. The molecule has 1 aromatic heterocycles. The van der Waals surface area contributed by atoms with Crippen molar-refractivity contribution in [1.29, 1.82) is 0 Å². The van der Waals surface area contributed by atoms with Gasteiger partial charge in [0.1, 0.15) is 12.6 Å². The molecular formula is C44H48N4O6S. The van der Waals surface area contributed by atoms with Crippen molar-refractivity contribution in [3.05, 3.63) is 137 Å². The molecule has 0 aliphatic carbocycles. The number of Topliss-reactive ketones (excluding diaryl/α,β-unsaturated/α-hetero) is 2. The highest BCUT2D eigenvalue weighted by Crippen LogP contribution is 2.30. The molecule has 1 fully saturated rings. The summed E-state index contributed by atoms with van der Waals surface area (Å²) in [6, 6.07) is 34.5. The van der Waals surface area contributed by atoms with Gasteiger partial charge in [-0.05, 0) is 61.1 Å². The average molecular weight is 761 g/mol. The maximum atomic E-state index is 14.6. The lowest BCUT2D eigenvalue weighted by molar-refractivity contribution is -0.139. The van der Waals surface area contributed by atoms with Crippen LogP contribution in [0.3, 0.4) is 0 Å². The molecule has 1 saturated heterocycles. The van der Waals surface area contributed by atoms with Crippen LogP contribution in [0, 0.1) is 5.92 Å². The molecule has 0 bridgehead atoms. The molecule has 0 unspecified atom stereocenters. The lowest BCUT2D eigenvalue weighted by Crippen LogP contribution is -2.52. The number of thiazole rings is 1. The number of aromatic nitrogens is 1. The number of fused-ring (bicyclic) bond motifs is 1. The fourth-order valence-electron chi connectivity index (χ4n) is 6.97. The summed E-state index contributed by atoms with van der Waals surface area (Å²) in [6.45, 7) is 0.995.